The van der Waals surface area contributed by atoms with E-state index < -0.39 is 15.9 Å². The van der Waals surface area contributed by atoms with Gasteiger partial charge >= 0.3 is 0 Å². The molecular weight excluding hydrogens is 280 g/mol. The van der Waals surface area contributed by atoms with Gasteiger partial charge in [-0.05, 0) is 25.1 Å². The highest BCUT2D eigenvalue weighted by molar-refractivity contribution is 7.90. The summed E-state index contributed by atoms with van der Waals surface area (Å²) in [6.45, 7) is 2.46. The molecule has 0 unspecified atom stereocenters. The number of carbonyl (C=O) groups excluding carboxylic acids is 2. The van der Waals surface area contributed by atoms with Crippen LogP contribution in [0.4, 0.5) is 0 Å². The molecule has 1 aliphatic rings. The summed E-state index contributed by atoms with van der Waals surface area (Å²) in [5.41, 5.74) is 0.273. The molecule has 0 spiro atoms. The van der Waals surface area contributed by atoms with Crippen LogP contribution in [0, 0.1) is 0 Å². The Balaban J connectivity index is 2.32. The van der Waals surface area contributed by atoms with Gasteiger partial charge < -0.3 is 10.2 Å². The maximum Gasteiger partial charge on any atom is 0.254 e. The van der Waals surface area contributed by atoms with E-state index in [9.17, 15) is 18.0 Å². The molecular formula is C13H16N2O4S. The van der Waals surface area contributed by atoms with Gasteiger partial charge in [0, 0.05) is 24.9 Å². The Morgan fingerprint density at radius 1 is 1.40 bits per heavy atom. The number of carbonyl (C=O) groups is 2. The number of nitrogens with one attached hydrogen (secondary N) is 1. The maximum atomic E-state index is 12.4. The number of sulfone groups is 1. The monoisotopic (exact) mass is 296 g/mol. The summed E-state index contributed by atoms with van der Waals surface area (Å²) in [6, 6.07) is 5.31. The van der Waals surface area contributed by atoms with E-state index in [1.165, 1.54) is 23.1 Å². The van der Waals surface area contributed by atoms with Crippen molar-refractivity contribution in [2.24, 2.45) is 0 Å². The molecule has 6 nitrogen and oxygen atoms in total. The summed E-state index contributed by atoms with van der Waals surface area (Å²) in [4.78, 5) is 25.5. The van der Waals surface area contributed by atoms with Gasteiger partial charge in [-0.1, -0.05) is 6.07 Å². The fourth-order valence-electron chi connectivity index (χ4n) is 2.09. The van der Waals surface area contributed by atoms with Crippen LogP contribution in [-0.4, -0.2) is 50.5 Å². The van der Waals surface area contributed by atoms with Crippen molar-refractivity contribution in [1.82, 2.24) is 10.2 Å². The number of benzene rings is 1. The zero-order chi connectivity index (χ0) is 14.9. The molecule has 1 N–H and O–H groups in total. The second kappa shape index (κ2) is 5.24. The van der Waals surface area contributed by atoms with E-state index in [0.717, 1.165) is 6.26 Å². The molecule has 0 radical (unpaired) electrons. The molecule has 0 saturated carbocycles. The zero-order valence-electron chi connectivity index (χ0n) is 11.3. The molecule has 20 heavy (non-hydrogen) atoms. The fourth-order valence-corrected chi connectivity index (χ4v) is 2.75. The molecule has 1 aromatic rings. The van der Waals surface area contributed by atoms with Gasteiger partial charge in [-0.2, -0.15) is 0 Å². The number of hydrogen-bond acceptors (Lipinski definition) is 4. The van der Waals surface area contributed by atoms with Gasteiger partial charge in [0.15, 0.2) is 9.84 Å². The van der Waals surface area contributed by atoms with Crippen molar-refractivity contribution in [3.8, 4) is 0 Å². The molecule has 1 fully saturated rings. The van der Waals surface area contributed by atoms with E-state index in [0.29, 0.717) is 13.1 Å². The zero-order valence-corrected chi connectivity index (χ0v) is 12.1. The summed E-state index contributed by atoms with van der Waals surface area (Å²) in [7, 11) is -3.36. The van der Waals surface area contributed by atoms with Gasteiger partial charge in [0.2, 0.25) is 5.91 Å². The lowest BCUT2D eigenvalue weighted by Crippen LogP contribution is -2.55. The van der Waals surface area contributed by atoms with Crippen LogP contribution in [0.1, 0.15) is 17.3 Å². The highest BCUT2D eigenvalue weighted by atomic mass is 32.2. The summed E-state index contributed by atoms with van der Waals surface area (Å²) in [6.07, 6.45) is 1.09. The highest BCUT2D eigenvalue weighted by Crippen LogP contribution is 2.15. The second-order valence-electron chi connectivity index (χ2n) is 4.77. The molecule has 2 rings (SSSR count). The van der Waals surface area contributed by atoms with Crippen molar-refractivity contribution < 1.29 is 18.0 Å². The van der Waals surface area contributed by atoms with Crippen molar-refractivity contribution in [3.63, 3.8) is 0 Å². The van der Waals surface area contributed by atoms with Gasteiger partial charge in [0.05, 0.1) is 4.90 Å². The third-order valence-corrected chi connectivity index (χ3v) is 4.38. The van der Waals surface area contributed by atoms with E-state index in [4.69, 9.17) is 0 Å². The summed E-state index contributed by atoms with van der Waals surface area (Å²) in [5, 5.41) is 2.68. The Labute approximate surface area is 117 Å². The predicted octanol–water partition coefficient (Wildman–Crippen LogP) is 0.0506. The van der Waals surface area contributed by atoms with Gasteiger partial charge in [-0.3, -0.25) is 9.59 Å². The van der Waals surface area contributed by atoms with Gasteiger partial charge in [0.1, 0.15) is 6.04 Å². The first kappa shape index (κ1) is 14.5. The van der Waals surface area contributed by atoms with Crippen molar-refractivity contribution in [3.05, 3.63) is 29.8 Å². The van der Waals surface area contributed by atoms with Crippen LogP contribution in [0.5, 0.6) is 0 Å². The Morgan fingerprint density at radius 2 is 2.10 bits per heavy atom. The molecule has 1 heterocycles. The SMILES string of the molecule is C[C@@H]1C(=O)NCCN1C(=O)c1cccc(S(C)(=O)=O)c1. The number of piperazine rings is 1. The largest absolute Gasteiger partial charge is 0.353 e. The molecule has 7 heteroatoms. The van der Waals surface area contributed by atoms with Gasteiger partial charge in [-0.15, -0.1) is 0 Å². The third kappa shape index (κ3) is 2.82. The van der Waals surface area contributed by atoms with Crippen LogP contribution >= 0.6 is 0 Å². The standard InChI is InChI=1S/C13H16N2O4S/c1-9-12(16)14-6-7-15(9)13(17)10-4-3-5-11(8-10)20(2,18)19/h3-5,8-9H,6-7H2,1-2H3,(H,14,16)/t9-/m1/s1. The van der Waals surface area contributed by atoms with Crippen molar-refractivity contribution in [1.29, 1.82) is 0 Å². The average Bonchev–Trinajstić information content (AvgIpc) is 2.40. The Kier molecular flexibility index (Phi) is 3.80. The minimum atomic E-state index is -3.36. The summed E-state index contributed by atoms with van der Waals surface area (Å²) < 4.78 is 23.0. The molecule has 0 bridgehead atoms. The first-order chi connectivity index (χ1) is 9.30. The van der Waals surface area contributed by atoms with E-state index in [1.54, 1.807) is 13.0 Å². The Bertz CT molecular complexity index is 654. The summed E-state index contributed by atoms with van der Waals surface area (Å²) in [5.74, 6) is -0.540. The lowest BCUT2D eigenvalue weighted by atomic mass is 10.1. The van der Waals surface area contributed by atoms with Crippen LogP contribution in [0.15, 0.2) is 29.2 Å². The van der Waals surface area contributed by atoms with Crippen molar-refractivity contribution >= 4 is 21.7 Å². The maximum absolute atomic E-state index is 12.4. The smallest absolute Gasteiger partial charge is 0.254 e. The van der Waals surface area contributed by atoms with E-state index >= 15 is 0 Å². The number of hydrogen-bond donors (Lipinski definition) is 1. The summed E-state index contributed by atoms with van der Waals surface area (Å²) >= 11 is 0. The number of amides is 2. The molecule has 0 aromatic heterocycles. The van der Waals surface area contributed by atoms with Crippen LogP contribution < -0.4 is 5.32 Å². The average molecular weight is 296 g/mol. The Hall–Kier alpha value is -1.89. The molecule has 108 valence electrons. The fraction of sp³-hybridized carbons (Fsp3) is 0.385. The first-order valence-corrected chi connectivity index (χ1v) is 8.08. The van der Waals surface area contributed by atoms with Gasteiger partial charge in [0.25, 0.3) is 5.91 Å². The predicted molar refractivity (Wildman–Crippen MR) is 73.1 cm³/mol. The highest BCUT2D eigenvalue weighted by Gasteiger charge is 2.30. The van der Waals surface area contributed by atoms with Crippen LogP contribution in [-0.2, 0) is 14.6 Å². The molecule has 1 aliphatic heterocycles. The van der Waals surface area contributed by atoms with Crippen molar-refractivity contribution in [2.75, 3.05) is 19.3 Å². The van der Waals surface area contributed by atoms with Crippen molar-refractivity contribution in [2.45, 2.75) is 17.9 Å². The lowest BCUT2D eigenvalue weighted by molar-refractivity contribution is -0.127. The molecule has 1 atom stereocenters. The van der Waals surface area contributed by atoms with Crippen LogP contribution in [0.25, 0.3) is 0 Å². The molecule has 1 aromatic carbocycles. The minimum Gasteiger partial charge on any atom is -0.353 e. The lowest BCUT2D eigenvalue weighted by Gasteiger charge is -2.32. The quantitative estimate of drug-likeness (QED) is 0.836. The number of rotatable bonds is 2. The molecule has 2 amide bonds. The molecule has 0 aliphatic carbocycles. The number of nitrogens with zero attached hydrogens (tertiary/aromatic N) is 1. The normalized spacial score (nSPS) is 19.6. The topological polar surface area (TPSA) is 83.6 Å². The van der Waals surface area contributed by atoms with E-state index in [2.05, 4.69) is 5.32 Å². The Morgan fingerprint density at radius 3 is 2.75 bits per heavy atom. The van der Waals surface area contributed by atoms with Crippen LogP contribution in [0.2, 0.25) is 0 Å². The first-order valence-electron chi connectivity index (χ1n) is 6.19. The van der Waals surface area contributed by atoms with Gasteiger partial charge in [-0.25, -0.2) is 8.42 Å². The second-order valence-corrected chi connectivity index (χ2v) is 6.78. The third-order valence-electron chi connectivity index (χ3n) is 3.27. The minimum absolute atomic E-state index is 0.0949. The van der Waals surface area contributed by atoms with E-state index in [-0.39, 0.29) is 22.3 Å². The van der Waals surface area contributed by atoms with Crippen LogP contribution in [0.3, 0.4) is 0 Å². The molecule has 1 saturated heterocycles. The van der Waals surface area contributed by atoms with E-state index in [1.807, 2.05) is 0 Å².